The van der Waals surface area contributed by atoms with Gasteiger partial charge in [-0.3, -0.25) is 14.4 Å². The number of aryl methyl sites for hydroxylation is 1. The van der Waals surface area contributed by atoms with E-state index in [-0.39, 0.29) is 30.7 Å². The summed E-state index contributed by atoms with van der Waals surface area (Å²) in [6.45, 7) is 6.18. The maximum Gasteiger partial charge on any atom is 0.303 e. The first-order valence-electron chi connectivity index (χ1n) is 10.4. The number of hydrogen-bond donors (Lipinski definition) is 2. The minimum atomic E-state index is -0.964. The molecule has 0 saturated carbocycles. The predicted molar refractivity (Wildman–Crippen MR) is 118 cm³/mol. The molecule has 0 radical (unpaired) electrons. The fraction of sp³-hybridized carbons (Fsp3) is 0.320. The molecule has 6 heteroatoms. The van der Waals surface area contributed by atoms with Crippen molar-refractivity contribution in [1.82, 2.24) is 4.90 Å². The monoisotopic (exact) mass is 421 g/mol. The zero-order valence-corrected chi connectivity index (χ0v) is 18.0. The first-order chi connectivity index (χ1) is 14.7. The van der Waals surface area contributed by atoms with Crippen molar-refractivity contribution in [2.24, 2.45) is 0 Å². The van der Waals surface area contributed by atoms with E-state index in [1.165, 1.54) is 4.90 Å². The largest absolute Gasteiger partial charge is 0.507 e. The fourth-order valence-corrected chi connectivity index (χ4v) is 3.79. The standard InChI is InChI=1S/C25H27NO5/c1-15(2)17-10-12-18(13-11-17)22-21(23(29)19-8-6-16(3)7-9-19)24(30)25(31)26(22)14-4-5-20(27)28/h6-13,15,22,29H,4-5,14H2,1-3H3,(H,27,28)/t22-/m1/s1. The Morgan fingerprint density at radius 3 is 2.16 bits per heavy atom. The number of carbonyl (C=O) groups excluding carboxylic acids is 2. The number of benzene rings is 2. The molecule has 0 unspecified atom stereocenters. The van der Waals surface area contributed by atoms with E-state index >= 15 is 0 Å². The number of carboxylic acid groups (broad SMARTS) is 1. The van der Waals surface area contributed by atoms with Gasteiger partial charge in [0.05, 0.1) is 11.6 Å². The molecule has 31 heavy (non-hydrogen) atoms. The Bertz CT molecular complexity index is 1020. The quantitative estimate of drug-likeness (QED) is 0.392. The first kappa shape index (κ1) is 22.3. The Morgan fingerprint density at radius 2 is 1.61 bits per heavy atom. The van der Waals surface area contributed by atoms with Crippen molar-refractivity contribution >= 4 is 23.4 Å². The van der Waals surface area contributed by atoms with Crippen LogP contribution in [0.1, 0.15) is 60.9 Å². The van der Waals surface area contributed by atoms with Crippen molar-refractivity contribution in [3.05, 3.63) is 76.4 Å². The Kier molecular flexibility index (Phi) is 6.59. The molecule has 1 aliphatic heterocycles. The molecule has 1 amide bonds. The number of ketones is 1. The molecule has 1 heterocycles. The predicted octanol–water partition coefficient (Wildman–Crippen LogP) is 4.40. The summed E-state index contributed by atoms with van der Waals surface area (Å²) >= 11 is 0. The van der Waals surface area contributed by atoms with Crippen LogP contribution < -0.4 is 0 Å². The highest BCUT2D eigenvalue weighted by atomic mass is 16.4. The number of likely N-dealkylation sites (tertiary alicyclic amines) is 1. The van der Waals surface area contributed by atoms with Crippen LogP contribution in [0.25, 0.3) is 5.76 Å². The zero-order valence-electron chi connectivity index (χ0n) is 18.0. The third kappa shape index (κ3) is 4.68. The Labute approximate surface area is 181 Å². The van der Waals surface area contributed by atoms with Gasteiger partial charge >= 0.3 is 5.97 Å². The minimum Gasteiger partial charge on any atom is -0.507 e. The summed E-state index contributed by atoms with van der Waals surface area (Å²) < 4.78 is 0. The summed E-state index contributed by atoms with van der Waals surface area (Å²) in [6.07, 6.45) is 0.105. The van der Waals surface area contributed by atoms with Gasteiger partial charge in [-0.15, -0.1) is 0 Å². The molecule has 2 aromatic rings. The highest BCUT2D eigenvalue weighted by Gasteiger charge is 2.45. The van der Waals surface area contributed by atoms with Crippen molar-refractivity contribution in [1.29, 1.82) is 0 Å². The highest BCUT2D eigenvalue weighted by Crippen LogP contribution is 2.39. The molecule has 1 fully saturated rings. The summed E-state index contributed by atoms with van der Waals surface area (Å²) in [5.74, 6) is -2.35. The molecule has 1 atom stereocenters. The Hall–Kier alpha value is -3.41. The number of Topliss-reactive ketones (excluding diaryl/α,β-unsaturated/α-hetero) is 1. The number of rotatable bonds is 7. The van der Waals surface area contributed by atoms with Crippen molar-refractivity contribution < 1.29 is 24.6 Å². The summed E-state index contributed by atoms with van der Waals surface area (Å²) in [7, 11) is 0. The van der Waals surface area contributed by atoms with Crippen molar-refractivity contribution in [2.45, 2.75) is 45.6 Å². The van der Waals surface area contributed by atoms with E-state index in [1.54, 1.807) is 12.1 Å². The van der Waals surface area contributed by atoms with Gasteiger partial charge in [0.1, 0.15) is 5.76 Å². The molecule has 0 bridgehead atoms. The van der Waals surface area contributed by atoms with Gasteiger partial charge in [-0.2, -0.15) is 0 Å². The molecule has 162 valence electrons. The van der Waals surface area contributed by atoms with E-state index in [1.807, 2.05) is 43.3 Å². The summed E-state index contributed by atoms with van der Waals surface area (Å²) in [5, 5.41) is 20.0. The Balaban J connectivity index is 2.09. The minimum absolute atomic E-state index is 0.0291. The van der Waals surface area contributed by atoms with Crippen molar-refractivity contribution in [2.75, 3.05) is 6.54 Å². The van der Waals surface area contributed by atoms with E-state index < -0.39 is 23.7 Å². The summed E-state index contributed by atoms with van der Waals surface area (Å²) in [5.41, 5.74) is 3.31. The molecule has 0 aromatic heterocycles. The lowest BCUT2D eigenvalue weighted by molar-refractivity contribution is -0.140. The lowest BCUT2D eigenvalue weighted by Crippen LogP contribution is -2.31. The number of aliphatic hydroxyl groups is 1. The van der Waals surface area contributed by atoms with E-state index in [2.05, 4.69) is 13.8 Å². The van der Waals surface area contributed by atoms with Crippen molar-refractivity contribution in [3.8, 4) is 0 Å². The van der Waals surface area contributed by atoms with Crippen LogP contribution in [0.5, 0.6) is 0 Å². The second-order valence-corrected chi connectivity index (χ2v) is 8.18. The van der Waals surface area contributed by atoms with Gasteiger partial charge in [-0.1, -0.05) is 67.9 Å². The third-order valence-corrected chi connectivity index (χ3v) is 5.57. The van der Waals surface area contributed by atoms with Gasteiger partial charge in [0, 0.05) is 18.5 Å². The van der Waals surface area contributed by atoms with E-state index in [0.29, 0.717) is 17.0 Å². The number of amides is 1. The zero-order chi connectivity index (χ0) is 22.7. The van der Waals surface area contributed by atoms with Crippen LogP contribution in [0.4, 0.5) is 0 Å². The average Bonchev–Trinajstić information content (AvgIpc) is 2.98. The molecule has 3 rings (SSSR count). The molecule has 0 spiro atoms. The number of nitrogens with zero attached hydrogens (tertiary/aromatic N) is 1. The molecule has 2 aromatic carbocycles. The van der Waals surface area contributed by atoms with Gasteiger partial charge in [-0.25, -0.2) is 0 Å². The second kappa shape index (κ2) is 9.16. The van der Waals surface area contributed by atoms with E-state index in [9.17, 15) is 19.5 Å². The number of aliphatic carboxylic acids is 1. The smallest absolute Gasteiger partial charge is 0.303 e. The van der Waals surface area contributed by atoms with Crippen LogP contribution in [0.3, 0.4) is 0 Å². The third-order valence-electron chi connectivity index (χ3n) is 5.57. The summed E-state index contributed by atoms with van der Waals surface area (Å²) in [6, 6.07) is 13.9. The maximum absolute atomic E-state index is 12.9. The highest BCUT2D eigenvalue weighted by molar-refractivity contribution is 6.46. The van der Waals surface area contributed by atoms with Crippen LogP contribution in [-0.4, -0.2) is 39.3 Å². The van der Waals surface area contributed by atoms with E-state index in [4.69, 9.17) is 5.11 Å². The van der Waals surface area contributed by atoms with Crippen LogP contribution >= 0.6 is 0 Å². The number of aliphatic hydroxyl groups excluding tert-OH is 1. The van der Waals surface area contributed by atoms with Crippen molar-refractivity contribution in [3.63, 3.8) is 0 Å². The van der Waals surface area contributed by atoms with Gasteiger partial charge in [0.15, 0.2) is 0 Å². The molecule has 2 N–H and O–H groups in total. The van der Waals surface area contributed by atoms with Gasteiger partial charge < -0.3 is 15.1 Å². The molecular weight excluding hydrogens is 394 g/mol. The van der Waals surface area contributed by atoms with Crippen LogP contribution in [0.2, 0.25) is 0 Å². The Morgan fingerprint density at radius 1 is 1.00 bits per heavy atom. The lowest BCUT2D eigenvalue weighted by Gasteiger charge is -2.25. The van der Waals surface area contributed by atoms with Crippen LogP contribution in [0, 0.1) is 6.92 Å². The van der Waals surface area contributed by atoms with Gasteiger partial charge in [0.2, 0.25) is 0 Å². The number of carbonyl (C=O) groups is 3. The number of hydrogen-bond acceptors (Lipinski definition) is 4. The first-order valence-corrected chi connectivity index (χ1v) is 10.4. The van der Waals surface area contributed by atoms with Gasteiger partial charge in [0.25, 0.3) is 11.7 Å². The van der Waals surface area contributed by atoms with Crippen LogP contribution in [-0.2, 0) is 14.4 Å². The topological polar surface area (TPSA) is 94.9 Å². The second-order valence-electron chi connectivity index (χ2n) is 8.18. The van der Waals surface area contributed by atoms with E-state index in [0.717, 1.165) is 11.1 Å². The van der Waals surface area contributed by atoms with Gasteiger partial charge in [-0.05, 0) is 30.4 Å². The molecule has 1 saturated heterocycles. The summed E-state index contributed by atoms with van der Waals surface area (Å²) in [4.78, 5) is 38.1. The molecule has 1 aliphatic rings. The normalized spacial score (nSPS) is 18.1. The average molecular weight is 421 g/mol. The molecular formula is C25H27NO5. The SMILES string of the molecule is Cc1ccc(C(O)=C2C(=O)C(=O)N(CCCC(=O)O)[C@@H]2c2ccc(C(C)C)cc2)cc1. The molecule has 6 nitrogen and oxygen atoms in total. The maximum atomic E-state index is 12.9. The number of carboxylic acids is 1. The van der Waals surface area contributed by atoms with Crippen LogP contribution in [0.15, 0.2) is 54.1 Å². The fourth-order valence-electron chi connectivity index (χ4n) is 3.79. The lowest BCUT2D eigenvalue weighted by atomic mass is 9.93. The molecule has 0 aliphatic carbocycles.